The third-order valence-electron chi connectivity index (χ3n) is 4.27. The zero-order valence-electron chi connectivity index (χ0n) is 15.5. The summed E-state index contributed by atoms with van der Waals surface area (Å²) < 4.78 is 41.5. The van der Waals surface area contributed by atoms with Crippen molar-refractivity contribution >= 4 is 35.0 Å². The van der Waals surface area contributed by atoms with E-state index in [0.717, 1.165) is 29.8 Å². The van der Waals surface area contributed by atoms with E-state index in [-0.39, 0.29) is 16.5 Å². The van der Waals surface area contributed by atoms with Crippen LogP contribution in [0.1, 0.15) is 32.7 Å². The van der Waals surface area contributed by atoms with Gasteiger partial charge in [-0.05, 0) is 55.6 Å². The normalized spacial score (nSPS) is 11.4. The Labute approximate surface area is 175 Å². The Morgan fingerprint density at radius 3 is 2.45 bits per heavy atom. The Balaban J connectivity index is 1.78. The predicted molar refractivity (Wildman–Crippen MR) is 110 cm³/mol. The zero-order valence-corrected chi connectivity index (χ0v) is 17.0. The first kappa shape index (κ1) is 21.2. The zero-order chi connectivity index (χ0) is 21.2. The van der Waals surface area contributed by atoms with E-state index >= 15 is 0 Å². The van der Waals surface area contributed by atoms with Crippen molar-refractivity contribution in [3.63, 3.8) is 0 Å². The summed E-state index contributed by atoms with van der Waals surface area (Å²) in [5, 5.41) is 0.268. The van der Waals surface area contributed by atoms with Crippen LogP contribution in [0.5, 0.6) is 0 Å². The molecule has 0 saturated carbocycles. The molecule has 3 aromatic rings. The average Bonchev–Trinajstić information content (AvgIpc) is 2.66. The molecule has 1 N–H and O–H groups in total. The maximum atomic E-state index is 12.9. The van der Waals surface area contributed by atoms with E-state index in [1.54, 1.807) is 37.3 Å². The maximum Gasteiger partial charge on any atom is 0.417 e. The fraction of sp³-hybridized carbons (Fsp3) is 0.143. The number of carbonyl (C=O) groups excluding carboxylic acids is 1. The summed E-state index contributed by atoms with van der Waals surface area (Å²) in [6, 6.07) is 13.1. The molecular formula is C21H16ClF3N2OS. The quantitative estimate of drug-likeness (QED) is 0.356. The SMILES string of the molecule is Cc1ccccc1C(=O)c1ccc(SNc2cc(C(F)(F)F)cnc2C)cc1Cl. The summed E-state index contributed by atoms with van der Waals surface area (Å²) in [5.41, 5.74) is 1.63. The number of benzene rings is 2. The molecule has 0 saturated heterocycles. The number of pyridine rings is 1. The second kappa shape index (κ2) is 8.47. The highest BCUT2D eigenvalue weighted by Crippen LogP contribution is 2.33. The van der Waals surface area contributed by atoms with Crippen LogP contribution in [0, 0.1) is 13.8 Å². The minimum Gasteiger partial charge on any atom is -0.324 e. The number of nitrogens with one attached hydrogen (secondary N) is 1. The highest BCUT2D eigenvalue weighted by atomic mass is 35.5. The fourth-order valence-corrected chi connectivity index (χ4v) is 3.70. The van der Waals surface area contributed by atoms with Crippen molar-refractivity contribution in [1.82, 2.24) is 4.98 Å². The molecule has 0 spiro atoms. The lowest BCUT2D eigenvalue weighted by Gasteiger charge is -2.12. The molecular weight excluding hydrogens is 421 g/mol. The number of carbonyl (C=O) groups is 1. The number of anilines is 1. The van der Waals surface area contributed by atoms with Gasteiger partial charge in [-0.15, -0.1) is 0 Å². The van der Waals surface area contributed by atoms with Gasteiger partial charge in [0.25, 0.3) is 0 Å². The third kappa shape index (κ3) is 4.92. The molecule has 150 valence electrons. The van der Waals surface area contributed by atoms with Gasteiger partial charge in [-0.3, -0.25) is 9.78 Å². The lowest BCUT2D eigenvalue weighted by molar-refractivity contribution is -0.137. The van der Waals surface area contributed by atoms with E-state index < -0.39 is 11.7 Å². The van der Waals surface area contributed by atoms with E-state index in [1.165, 1.54) is 0 Å². The second-order valence-electron chi connectivity index (χ2n) is 6.34. The molecule has 1 heterocycles. The number of hydrogen-bond acceptors (Lipinski definition) is 4. The van der Waals surface area contributed by atoms with Crippen molar-refractivity contribution in [3.05, 3.63) is 87.7 Å². The summed E-state index contributed by atoms with van der Waals surface area (Å²) >= 11 is 7.39. The van der Waals surface area contributed by atoms with Gasteiger partial charge in [0.05, 0.1) is 22.0 Å². The molecule has 0 amide bonds. The highest BCUT2D eigenvalue weighted by molar-refractivity contribution is 8.00. The van der Waals surface area contributed by atoms with Gasteiger partial charge in [0.2, 0.25) is 0 Å². The molecule has 0 bridgehead atoms. The van der Waals surface area contributed by atoms with E-state index in [4.69, 9.17) is 11.6 Å². The highest BCUT2D eigenvalue weighted by Gasteiger charge is 2.31. The van der Waals surface area contributed by atoms with Gasteiger partial charge < -0.3 is 4.72 Å². The maximum absolute atomic E-state index is 12.9. The minimum absolute atomic E-state index is 0.185. The molecule has 0 radical (unpaired) electrons. The first-order valence-electron chi connectivity index (χ1n) is 8.53. The average molecular weight is 437 g/mol. The summed E-state index contributed by atoms with van der Waals surface area (Å²) in [5.74, 6) is -0.185. The molecule has 1 aromatic heterocycles. The molecule has 3 nitrogen and oxygen atoms in total. The largest absolute Gasteiger partial charge is 0.417 e. The van der Waals surface area contributed by atoms with Crippen molar-refractivity contribution in [2.75, 3.05) is 4.72 Å². The number of aryl methyl sites for hydroxylation is 2. The summed E-state index contributed by atoms with van der Waals surface area (Å²) in [7, 11) is 0. The van der Waals surface area contributed by atoms with Crippen LogP contribution < -0.4 is 4.72 Å². The minimum atomic E-state index is -4.47. The van der Waals surface area contributed by atoms with Gasteiger partial charge in [-0.1, -0.05) is 35.9 Å². The fourth-order valence-electron chi connectivity index (χ4n) is 2.62. The number of hydrogen-bond donors (Lipinski definition) is 1. The Morgan fingerprint density at radius 1 is 1.07 bits per heavy atom. The molecule has 0 fully saturated rings. The Kier molecular flexibility index (Phi) is 6.19. The van der Waals surface area contributed by atoms with Gasteiger partial charge in [-0.25, -0.2) is 0 Å². The summed E-state index contributed by atoms with van der Waals surface area (Å²) in [6.07, 6.45) is -3.67. The van der Waals surface area contributed by atoms with Gasteiger partial charge in [0, 0.05) is 22.2 Å². The van der Waals surface area contributed by atoms with Gasteiger partial charge in [0.15, 0.2) is 5.78 Å². The van der Waals surface area contributed by atoms with Gasteiger partial charge in [-0.2, -0.15) is 13.2 Å². The number of aromatic nitrogens is 1. The number of halogens is 4. The standard InChI is InChI=1S/C21H16ClF3N2OS/c1-12-5-3-4-6-16(12)20(28)17-8-7-15(10-18(17)22)29-27-19-9-14(21(23,24)25)11-26-13(19)2/h3-11,27H,1-2H3. The summed E-state index contributed by atoms with van der Waals surface area (Å²) in [6.45, 7) is 3.46. The monoisotopic (exact) mass is 436 g/mol. The van der Waals surface area contributed by atoms with Crippen molar-refractivity contribution in [2.45, 2.75) is 24.9 Å². The lowest BCUT2D eigenvalue weighted by Crippen LogP contribution is -2.07. The molecule has 0 atom stereocenters. The van der Waals surface area contributed by atoms with E-state index in [0.29, 0.717) is 21.7 Å². The number of ketones is 1. The van der Waals surface area contributed by atoms with Crippen LogP contribution >= 0.6 is 23.5 Å². The lowest BCUT2D eigenvalue weighted by atomic mass is 9.99. The Morgan fingerprint density at radius 2 is 1.79 bits per heavy atom. The van der Waals surface area contributed by atoms with Crippen molar-refractivity contribution in [3.8, 4) is 0 Å². The first-order chi connectivity index (χ1) is 13.7. The van der Waals surface area contributed by atoms with E-state index in [2.05, 4.69) is 9.71 Å². The number of nitrogens with zero attached hydrogens (tertiary/aromatic N) is 1. The predicted octanol–water partition coefficient (Wildman–Crippen LogP) is 6.72. The summed E-state index contributed by atoms with van der Waals surface area (Å²) in [4.78, 5) is 17.2. The van der Waals surface area contributed by atoms with Gasteiger partial charge in [0.1, 0.15) is 0 Å². The molecule has 3 rings (SSSR count). The number of rotatable bonds is 5. The van der Waals surface area contributed by atoms with Crippen LogP contribution in [0.3, 0.4) is 0 Å². The van der Waals surface area contributed by atoms with E-state index in [9.17, 15) is 18.0 Å². The van der Waals surface area contributed by atoms with Crippen LogP contribution in [-0.4, -0.2) is 10.8 Å². The third-order valence-corrected chi connectivity index (χ3v) is 5.39. The van der Waals surface area contributed by atoms with Crippen LogP contribution in [0.2, 0.25) is 5.02 Å². The molecule has 0 aliphatic heterocycles. The smallest absolute Gasteiger partial charge is 0.324 e. The molecule has 0 unspecified atom stereocenters. The molecule has 0 aliphatic rings. The van der Waals surface area contributed by atoms with E-state index in [1.807, 2.05) is 19.1 Å². The topological polar surface area (TPSA) is 42.0 Å². The molecule has 29 heavy (non-hydrogen) atoms. The Hall–Kier alpha value is -2.51. The molecule has 0 aliphatic carbocycles. The van der Waals surface area contributed by atoms with Crippen molar-refractivity contribution in [2.24, 2.45) is 0 Å². The Bertz CT molecular complexity index is 1070. The van der Waals surface area contributed by atoms with Crippen LogP contribution in [0.25, 0.3) is 0 Å². The van der Waals surface area contributed by atoms with Crippen LogP contribution in [0.4, 0.5) is 18.9 Å². The second-order valence-corrected chi connectivity index (χ2v) is 7.63. The van der Waals surface area contributed by atoms with Crippen LogP contribution in [0.15, 0.2) is 59.6 Å². The van der Waals surface area contributed by atoms with Crippen molar-refractivity contribution in [1.29, 1.82) is 0 Å². The molecule has 2 aromatic carbocycles. The first-order valence-corrected chi connectivity index (χ1v) is 9.73. The van der Waals surface area contributed by atoms with Gasteiger partial charge >= 0.3 is 6.18 Å². The van der Waals surface area contributed by atoms with Crippen LogP contribution in [-0.2, 0) is 6.18 Å². The van der Waals surface area contributed by atoms with Crippen molar-refractivity contribution < 1.29 is 18.0 Å². The molecule has 8 heteroatoms. The number of alkyl halides is 3.